The van der Waals surface area contributed by atoms with Gasteiger partial charge in [0.1, 0.15) is 12.1 Å². The van der Waals surface area contributed by atoms with Crippen molar-refractivity contribution in [2.75, 3.05) is 0 Å². The summed E-state index contributed by atoms with van der Waals surface area (Å²) in [5.74, 6) is -1.05. The number of nitro groups is 1. The van der Waals surface area contributed by atoms with Crippen molar-refractivity contribution in [2.24, 2.45) is 0 Å². The zero-order chi connectivity index (χ0) is 10.3. The highest BCUT2D eigenvalue weighted by Gasteiger charge is 2.53. The Morgan fingerprint density at radius 2 is 1.86 bits per heavy atom. The van der Waals surface area contributed by atoms with Gasteiger partial charge >= 0.3 is 5.97 Å². The van der Waals surface area contributed by atoms with Crippen LogP contribution in [0.5, 0.6) is 0 Å². The van der Waals surface area contributed by atoms with E-state index < -0.39 is 35.2 Å². The van der Waals surface area contributed by atoms with Crippen LogP contribution in [0, 0.1) is 10.1 Å². The number of hydrogen-bond donors (Lipinski definition) is 5. The molecular weight excluding hydrogens is 194 g/mol. The Hall–Kier alpha value is -1.29. The van der Waals surface area contributed by atoms with Gasteiger partial charge in [0.05, 0.1) is 6.04 Å². The quantitative estimate of drug-likeness (QED) is 0.237. The van der Waals surface area contributed by atoms with E-state index in [9.17, 15) is 14.9 Å². The van der Waals surface area contributed by atoms with Gasteiger partial charge in [0, 0.05) is 4.92 Å². The van der Waals surface area contributed by atoms with Crippen molar-refractivity contribution < 1.29 is 14.8 Å². The molecule has 2 aliphatic rings. The summed E-state index contributed by atoms with van der Waals surface area (Å²) >= 11 is 0. The molecule has 2 rings (SSSR count). The van der Waals surface area contributed by atoms with Crippen molar-refractivity contribution in [1.29, 1.82) is 0 Å². The highest BCUT2D eigenvalue weighted by atomic mass is 16.6. The minimum atomic E-state index is -1.05. The van der Waals surface area contributed by atoms with Crippen LogP contribution in [0.2, 0.25) is 0 Å². The molecule has 0 radical (unpaired) electrons. The number of nitrogens with zero attached hydrogens (tertiary/aromatic N) is 1. The molecule has 0 bridgehead atoms. The standard InChI is InChI=1S/C5H9N5O4/c11-5(12)3-1-2(7-8-3)4(9-6-1)10(13)14/h1-4,6-9H,(H,11,12). The molecule has 2 aliphatic heterocycles. The molecule has 4 unspecified atom stereocenters. The minimum Gasteiger partial charge on any atom is -0.480 e. The van der Waals surface area contributed by atoms with E-state index in [-0.39, 0.29) is 0 Å². The van der Waals surface area contributed by atoms with Gasteiger partial charge in [-0.2, -0.15) is 5.43 Å². The van der Waals surface area contributed by atoms with E-state index in [0.29, 0.717) is 0 Å². The molecule has 0 aromatic heterocycles. The third-order valence-corrected chi connectivity index (χ3v) is 2.38. The van der Waals surface area contributed by atoms with Crippen LogP contribution < -0.4 is 21.7 Å². The zero-order valence-corrected chi connectivity index (χ0v) is 6.93. The van der Waals surface area contributed by atoms with Gasteiger partial charge in [0.25, 0.3) is 6.17 Å². The fraction of sp³-hybridized carbons (Fsp3) is 0.800. The summed E-state index contributed by atoms with van der Waals surface area (Å²) < 4.78 is 0. The van der Waals surface area contributed by atoms with Gasteiger partial charge < -0.3 is 5.11 Å². The van der Waals surface area contributed by atoms with Gasteiger partial charge in [-0.15, -0.1) is 0 Å². The number of aliphatic carboxylic acids is 1. The molecule has 2 fully saturated rings. The number of hydrazine groups is 2. The van der Waals surface area contributed by atoms with Gasteiger partial charge in [-0.1, -0.05) is 0 Å². The molecule has 0 saturated carbocycles. The van der Waals surface area contributed by atoms with Crippen LogP contribution in [0.25, 0.3) is 0 Å². The Balaban J connectivity index is 2.11. The number of carboxylic acids is 1. The molecule has 2 saturated heterocycles. The summed E-state index contributed by atoms with van der Waals surface area (Å²) in [6, 6.07) is -1.95. The normalized spacial score (nSPS) is 40.9. The molecule has 2 heterocycles. The Morgan fingerprint density at radius 1 is 1.21 bits per heavy atom. The second-order valence-electron chi connectivity index (χ2n) is 3.18. The molecule has 0 aliphatic carbocycles. The Labute approximate surface area is 77.9 Å². The zero-order valence-electron chi connectivity index (χ0n) is 6.93. The second kappa shape index (κ2) is 3.13. The summed E-state index contributed by atoms with van der Waals surface area (Å²) in [4.78, 5) is 20.7. The summed E-state index contributed by atoms with van der Waals surface area (Å²) in [5.41, 5.74) is 10.1. The van der Waals surface area contributed by atoms with Crippen LogP contribution in [-0.4, -0.2) is 40.3 Å². The number of carboxylic acid groups (broad SMARTS) is 1. The fourth-order valence-corrected chi connectivity index (χ4v) is 1.69. The molecule has 5 N–H and O–H groups in total. The highest BCUT2D eigenvalue weighted by Crippen LogP contribution is 2.15. The SMILES string of the molecule is O=C(O)C1NNC2C1NNC2[N+](=O)[O-]. The summed E-state index contributed by atoms with van der Waals surface area (Å²) in [5, 5.41) is 19.3. The van der Waals surface area contributed by atoms with E-state index >= 15 is 0 Å². The average Bonchev–Trinajstić information content (AvgIpc) is 2.59. The summed E-state index contributed by atoms with van der Waals surface area (Å²) in [7, 11) is 0. The van der Waals surface area contributed by atoms with E-state index in [0.717, 1.165) is 0 Å². The van der Waals surface area contributed by atoms with Crippen LogP contribution in [0.15, 0.2) is 0 Å². The van der Waals surface area contributed by atoms with Crippen molar-refractivity contribution in [1.82, 2.24) is 21.7 Å². The Kier molecular flexibility index (Phi) is 2.07. The van der Waals surface area contributed by atoms with E-state index in [1.807, 2.05) is 0 Å². The first kappa shape index (κ1) is 9.27. The summed E-state index contributed by atoms with van der Waals surface area (Å²) in [6.45, 7) is 0. The topological polar surface area (TPSA) is 129 Å². The third-order valence-electron chi connectivity index (χ3n) is 2.38. The Morgan fingerprint density at radius 3 is 2.43 bits per heavy atom. The molecule has 0 amide bonds. The lowest BCUT2D eigenvalue weighted by Crippen LogP contribution is -2.50. The first-order chi connectivity index (χ1) is 6.61. The Bertz CT molecular complexity index is 255. The smallest absolute Gasteiger partial charge is 0.323 e. The van der Waals surface area contributed by atoms with Gasteiger partial charge in [0.2, 0.25) is 0 Å². The van der Waals surface area contributed by atoms with Gasteiger partial charge in [-0.05, 0) is 0 Å². The largest absolute Gasteiger partial charge is 0.480 e. The predicted molar refractivity (Wildman–Crippen MR) is 42.3 cm³/mol. The highest BCUT2D eigenvalue weighted by molar-refractivity contribution is 5.75. The molecular formula is C5H9N5O4. The van der Waals surface area contributed by atoms with Crippen LogP contribution in [0.3, 0.4) is 0 Å². The van der Waals surface area contributed by atoms with Crippen molar-refractivity contribution in [2.45, 2.75) is 24.3 Å². The number of hydrogen-bond acceptors (Lipinski definition) is 7. The first-order valence-corrected chi connectivity index (χ1v) is 3.99. The minimum absolute atomic E-state index is 0.503. The van der Waals surface area contributed by atoms with Crippen molar-refractivity contribution in [3.05, 3.63) is 10.1 Å². The third kappa shape index (κ3) is 1.23. The lowest BCUT2D eigenvalue weighted by atomic mass is 10.0. The van der Waals surface area contributed by atoms with Crippen LogP contribution in [-0.2, 0) is 4.79 Å². The molecule has 9 nitrogen and oxygen atoms in total. The van der Waals surface area contributed by atoms with Gasteiger partial charge in [0.15, 0.2) is 0 Å². The van der Waals surface area contributed by atoms with Crippen molar-refractivity contribution in [3.8, 4) is 0 Å². The van der Waals surface area contributed by atoms with E-state index in [4.69, 9.17) is 5.11 Å². The maximum absolute atomic E-state index is 10.7. The number of carbonyl (C=O) groups is 1. The number of rotatable bonds is 2. The van der Waals surface area contributed by atoms with Gasteiger partial charge in [-0.3, -0.25) is 14.9 Å². The van der Waals surface area contributed by atoms with Crippen molar-refractivity contribution in [3.63, 3.8) is 0 Å². The molecule has 9 heteroatoms. The lowest BCUT2D eigenvalue weighted by Gasteiger charge is -2.10. The van der Waals surface area contributed by atoms with Crippen LogP contribution in [0.4, 0.5) is 0 Å². The van der Waals surface area contributed by atoms with E-state index in [2.05, 4.69) is 21.7 Å². The monoisotopic (exact) mass is 203 g/mol. The predicted octanol–water partition coefficient (Wildman–Crippen LogP) is -3.00. The second-order valence-corrected chi connectivity index (χ2v) is 3.18. The van der Waals surface area contributed by atoms with Crippen LogP contribution in [0.1, 0.15) is 0 Å². The number of nitrogens with one attached hydrogen (secondary N) is 4. The number of fused-ring (bicyclic) bond motifs is 1. The lowest BCUT2D eigenvalue weighted by molar-refractivity contribution is -0.530. The van der Waals surface area contributed by atoms with E-state index in [1.54, 1.807) is 0 Å². The molecule has 78 valence electrons. The van der Waals surface area contributed by atoms with Crippen molar-refractivity contribution >= 4 is 5.97 Å². The average molecular weight is 203 g/mol. The first-order valence-electron chi connectivity index (χ1n) is 3.99. The van der Waals surface area contributed by atoms with Crippen LogP contribution >= 0.6 is 0 Å². The maximum atomic E-state index is 10.7. The van der Waals surface area contributed by atoms with Gasteiger partial charge in [-0.25, -0.2) is 16.3 Å². The molecule has 0 aromatic carbocycles. The maximum Gasteiger partial charge on any atom is 0.323 e. The van der Waals surface area contributed by atoms with E-state index in [1.165, 1.54) is 0 Å². The molecule has 0 aromatic rings. The molecule has 14 heavy (non-hydrogen) atoms. The summed E-state index contributed by atoms with van der Waals surface area (Å²) in [6.07, 6.45) is -1.02. The fourth-order valence-electron chi connectivity index (χ4n) is 1.69. The molecule has 4 atom stereocenters. The molecule has 0 spiro atoms.